The summed E-state index contributed by atoms with van der Waals surface area (Å²) in [7, 11) is 0. The van der Waals surface area contributed by atoms with Gasteiger partial charge in [-0.1, -0.05) is 6.92 Å². The Balaban J connectivity index is 3.83. The number of nitrogens with two attached hydrogens (primary N) is 1. The molecule has 0 aliphatic rings. The van der Waals surface area contributed by atoms with Crippen LogP contribution in [0.25, 0.3) is 0 Å². The summed E-state index contributed by atoms with van der Waals surface area (Å²) in [5.74, 6) is -0.521. The second-order valence-electron chi connectivity index (χ2n) is 3.70. The summed E-state index contributed by atoms with van der Waals surface area (Å²) in [6.45, 7) is 5.01. The minimum absolute atomic E-state index is 0.00442. The molecule has 0 fully saturated rings. The van der Waals surface area contributed by atoms with Gasteiger partial charge in [-0.3, -0.25) is 4.79 Å². The summed E-state index contributed by atoms with van der Waals surface area (Å²) in [5, 5.41) is 0. The van der Waals surface area contributed by atoms with Crippen LogP contribution < -0.4 is 5.73 Å². The number of halogens is 1. The summed E-state index contributed by atoms with van der Waals surface area (Å²) in [4.78, 5) is 11.1. The van der Waals surface area contributed by atoms with Crippen LogP contribution >= 0.6 is 0 Å². The smallest absolute Gasteiger partial charge is 0.323 e. The van der Waals surface area contributed by atoms with Gasteiger partial charge in [-0.05, 0) is 20.3 Å². The van der Waals surface area contributed by atoms with Gasteiger partial charge in [-0.2, -0.15) is 0 Å². The number of esters is 1. The highest BCUT2D eigenvalue weighted by Gasteiger charge is 2.25. The van der Waals surface area contributed by atoms with Crippen molar-refractivity contribution in [2.45, 2.75) is 45.3 Å². The second kappa shape index (κ2) is 5.17. The van der Waals surface area contributed by atoms with Crippen LogP contribution in [0, 0.1) is 0 Å². The van der Waals surface area contributed by atoms with E-state index in [0.717, 1.165) is 6.42 Å². The Kier molecular flexibility index (Phi) is 4.91. The molecule has 0 amide bonds. The minimum atomic E-state index is -1.43. The quantitative estimate of drug-likeness (QED) is 0.668. The average Bonchev–Trinajstić information content (AvgIpc) is 1.96. The zero-order valence-electron chi connectivity index (χ0n) is 8.47. The zero-order valence-corrected chi connectivity index (χ0v) is 8.47. The largest absolute Gasteiger partial charge is 0.465 e. The summed E-state index contributed by atoms with van der Waals surface area (Å²) >= 11 is 0. The van der Waals surface area contributed by atoms with Gasteiger partial charge in [0, 0.05) is 6.42 Å². The fraction of sp³-hybridized carbons (Fsp3) is 0.889. The molecule has 0 radical (unpaired) electrons. The molecule has 0 heterocycles. The second-order valence-corrected chi connectivity index (χ2v) is 3.70. The van der Waals surface area contributed by atoms with E-state index in [1.165, 1.54) is 13.8 Å². The maximum absolute atomic E-state index is 13.0. The highest BCUT2D eigenvalue weighted by atomic mass is 19.1. The van der Waals surface area contributed by atoms with Crippen LogP contribution in [0.15, 0.2) is 0 Å². The Morgan fingerprint density at radius 1 is 1.62 bits per heavy atom. The van der Waals surface area contributed by atoms with E-state index in [1.807, 2.05) is 6.92 Å². The highest BCUT2D eigenvalue weighted by Crippen LogP contribution is 2.15. The van der Waals surface area contributed by atoms with Crippen molar-refractivity contribution >= 4 is 5.97 Å². The van der Waals surface area contributed by atoms with E-state index >= 15 is 0 Å². The van der Waals surface area contributed by atoms with E-state index in [-0.39, 0.29) is 6.42 Å². The Bertz CT molecular complexity index is 165. The molecule has 0 aliphatic carbocycles. The van der Waals surface area contributed by atoms with Gasteiger partial charge in [0.2, 0.25) is 0 Å². The van der Waals surface area contributed by atoms with Crippen molar-refractivity contribution in [3.63, 3.8) is 0 Å². The third-order valence-corrected chi connectivity index (χ3v) is 1.46. The molecule has 0 rings (SSSR count). The number of carbonyl (C=O) groups excluding carboxylic acids is 1. The van der Waals surface area contributed by atoms with Crippen molar-refractivity contribution in [1.29, 1.82) is 0 Å². The zero-order chi connectivity index (χ0) is 10.5. The SMILES string of the molecule is CCCOC(=O)C(N)CC(C)(C)F. The molecule has 0 aromatic heterocycles. The summed E-state index contributed by atoms with van der Waals surface area (Å²) in [6.07, 6.45) is 0.743. The minimum Gasteiger partial charge on any atom is -0.465 e. The predicted octanol–water partition coefficient (Wildman–Crippen LogP) is 1.41. The molecule has 1 unspecified atom stereocenters. The van der Waals surface area contributed by atoms with Crippen LogP contribution in [-0.4, -0.2) is 24.3 Å². The molecule has 0 spiro atoms. The molecule has 0 aromatic rings. The highest BCUT2D eigenvalue weighted by molar-refractivity contribution is 5.75. The monoisotopic (exact) mass is 191 g/mol. The number of carbonyl (C=O) groups is 1. The maximum Gasteiger partial charge on any atom is 0.323 e. The third kappa shape index (κ3) is 6.51. The first-order chi connectivity index (χ1) is 5.87. The summed E-state index contributed by atoms with van der Waals surface area (Å²) in [5.41, 5.74) is 4.00. The summed E-state index contributed by atoms with van der Waals surface area (Å²) in [6, 6.07) is -0.855. The van der Waals surface area contributed by atoms with Crippen LogP contribution in [0.1, 0.15) is 33.6 Å². The number of alkyl halides is 1. The van der Waals surface area contributed by atoms with Crippen LogP contribution in [0.5, 0.6) is 0 Å². The molecule has 13 heavy (non-hydrogen) atoms. The first-order valence-corrected chi connectivity index (χ1v) is 4.48. The van der Waals surface area contributed by atoms with Crippen molar-refractivity contribution in [3.8, 4) is 0 Å². The fourth-order valence-corrected chi connectivity index (χ4v) is 0.916. The van der Waals surface area contributed by atoms with Gasteiger partial charge in [0.05, 0.1) is 6.61 Å². The molecule has 0 saturated carbocycles. The van der Waals surface area contributed by atoms with Gasteiger partial charge >= 0.3 is 5.97 Å². The van der Waals surface area contributed by atoms with E-state index in [2.05, 4.69) is 0 Å². The Morgan fingerprint density at radius 2 is 2.15 bits per heavy atom. The predicted molar refractivity (Wildman–Crippen MR) is 49.0 cm³/mol. The van der Waals surface area contributed by atoms with E-state index in [1.54, 1.807) is 0 Å². The first-order valence-electron chi connectivity index (χ1n) is 4.48. The van der Waals surface area contributed by atoms with E-state index in [0.29, 0.717) is 6.61 Å². The van der Waals surface area contributed by atoms with E-state index < -0.39 is 17.7 Å². The van der Waals surface area contributed by atoms with Gasteiger partial charge < -0.3 is 10.5 Å². The van der Waals surface area contributed by atoms with Crippen molar-refractivity contribution in [1.82, 2.24) is 0 Å². The van der Waals surface area contributed by atoms with Crippen LogP contribution in [-0.2, 0) is 9.53 Å². The first kappa shape index (κ1) is 12.4. The van der Waals surface area contributed by atoms with E-state index in [9.17, 15) is 9.18 Å². The standard InChI is InChI=1S/C9H18FNO2/c1-4-5-13-8(12)7(11)6-9(2,3)10/h7H,4-6,11H2,1-3H3. The summed E-state index contributed by atoms with van der Waals surface area (Å²) < 4.78 is 17.8. The van der Waals surface area contributed by atoms with Crippen LogP contribution in [0.2, 0.25) is 0 Å². The molecular weight excluding hydrogens is 173 g/mol. The van der Waals surface area contributed by atoms with Crippen LogP contribution in [0.4, 0.5) is 4.39 Å². The van der Waals surface area contributed by atoms with E-state index in [4.69, 9.17) is 10.5 Å². The van der Waals surface area contributed by atoms with Crippen molar-refractivity contribution in [3.05, 3.63) is 0 Å². The lowest BCUT2D eigenvalue weighted by Gasteiger charge is -2.18. The number of rotatable bonds is 5. The number of hydrogen-bond acceptors (Lipinski definition) is 3. The van der Waals surface area contributed by atoms with Gasteiger partial charge in [-0.15, -0.1) is 0 Å². The van der Waals surface area contributed by atoms with Gasteiger partial charge in [0.25, 0.3) is 0 Å². The average molecular weight is 191 g/mol. The lowest BCUT2D eigenvalue weighted by Crippen LogP contribution is -2.37. The molecule has 1 atom stereocenters. The third-order valence-electron chi connectivity index (χ3n) is 1.46. The normalized spacial score (nSPS) is 13.9. The number of hydrogen-bond donors (Lipinski definition) is 1. The lowest BCUT2D eigenvalue weighted by atomic mass is 10.0. The van der Waals surface area contributed by atoms with Crippen molar-refractivity contribution in [2.24, 2.45) is 5.73 Å². The van der Waals surface area contributed by atoms with Gasteiger partial charge in [0.15, 0.2) is 0 Å². The maximum atomic E-state index is 13.0. The van der Waals surface area contributed by atoms with Crippen molar-refractivity contribution < 1.29 is 13.9 Å². The molecule has 0 aromatic carbocycles. The Labute approximate surface area is 78.4 Å². The van der Waals surface area contributed by atoms with Crippen LogP contribution in [0.3, 0.4) is 0 Å². The molecule has 4 heteroatoms. The lowest BCUT2D eigenvalue weighted by molar-refractivity contribution is -0.146. The van der Waals surface area contributed by atoms with Crippen molar-refractivity contribution in [2.75, 3.05) is 6.61 Å². The fourth-order valence-electron chi connectivity index (χ4n) is 0.916. The Morgan fingerprint density at radius 3 is 2.54 bits per heavy atom. The molecule has 0 aliphatic heterocycles. The Hall–Kier alpha value is -0.640. The molecule has 0 saturated heterocycles. The molecule has 3 nitrogen and oxygen atoms in total. The van der Waals surface area contributed by atoms with Gasteiger partial charge in [0.1, 0.15) is 11.7 Å². The number of ether oxygens (including phenoxy) is 1. The van der Waals surface area contributed by atoms with Gasteiger partial charge in [-0.25, -0.2) is 4.39 Å². The molecule has 78 valence electrons. The molecule has 0 bridgehead atoms. The topological polar surface area (TPSA) is 52.3 Å². The molecule has 2 N–H and O–H groups in total. The molecular formula is C9H18FNO2.